The van der Waals surface area contributed by atoms with Crippen LogP contribution in [0.25, 0.3) is 39.7 Å². The van der Waals surface area contributed by atoms with E-state index >= 15 is 0 Å². The van der Waals surface area contributed by atoms with Gasteiger partial charge in [0.25, 0.3) is 0 Å². The molecule has 40 heavy (non-hydrogen) atoms. The number of rotatable bonds is 11. The van der Waals surface area contributed by atoms with Crippen molar-refractivity contribution in [3.8, 4) is 39.7 Å². The maximum Gasteiger partial charge on any atom is 0.338 e. The van der Waals surface area contributed by atoms with Crippen molar-refractivity contribution in [1.29, 1.82) is 0 Å². The molecular weight excluding hydrogens is 577 g/mol. The molecule has 4 nitrogen and oxygen atoms in total. The molecule has 0 spiro atoms. The summed E-state index contributed by atoms with van der Waals surface area (Å²) in [5.41, 5.74) is 1.24. The molecule has 0 radical (unpaired) electrons. The Morgan fingerprint density at radius 1 is 0.575 bits per heavy atom. The van der Waals surface area contributed by atoms with E-state index in [1.165, 1.54) is 75.6 Å². The summed E-state index contributed by atoms with van der Waals surface area (Å²) < 4.78 is 9.72. The number of methoxy groups -OCH3 is 2. The molecule has 0 aliphatic carbocycles. The molecular formula is C32H30O4S4. The molecule has 0 unspecified atom stereocenters. The van der Waals surface area contributed by atoms with Gasteiger partial charge in [-0.3, -0.25) is 0 Å². The van der Waals surface area contributed by atoms with Gasteiger partial charge in [0.2, 0.25) is 0 Å². The minimum atomic E-state index is -0.567. The Morgan fingerprint density at radius 2 is 1.07 bits per heavy atom. The van der Waals surface area contributed by atoms with Crippen molar-refractivity contribution in [2.24, 2.45) is 0 Å². The van der Waals surface area contributed by atoms with E-state index < -0.39 is 11.9 Å². The number of unbranched alkanes of at least 4 members (excludes halogenated alkanes) is 3. The Labute approximate surface area is 250 Å². The van der Waals surface area contributed by atoms with E-state index in [1.807, 2.05) is 34.8 Å². The number of benzene rings is 1. The molecule has 0 saturated carbocycles. The maximum absolute atomic E-state index is 12.3. The maximum atomic E-state index is 12.3. The molecule has 4 aromatic heterocycles. The van der Waals surface area contributed by atoms with Crippen LogP contribution in [0.4, 0.5) is 0 Å². The van der Waals surface area contributed by atoms with Crippen LogP contribution in [0.1, 0.15) is 58.2 Å². The molecule has 0 bridgehead atoms. The average Bonchev–Trinajstić information content (AvgIpc) is 3.80. The zero-order valence-electron chi connectivity index (χ0n) is 22.7. The highest BCUT2D eigenvalue weighted by atomic mass is 32.1. The van der Waals surface area contributed by atoms with Gasteiger partial charge in [-0.2, -0.15) is 0 Å². The van der Waals surface area contributed by atoms with E-state index in [-0.39, 0.29) is 11.1 Å². The molecule has 4 heterocycles. The molecule has 0 fully saturated rings. The van der Waals surface area contributed by atoms with Crippen molar-refractivity contribution in [3.63, 3.8) is 0 Å². The van der Waals surface area contributed by atoms with E-state index in [0.717, 1.165) is 15.3 Å². The van der Waals surface area contributed by atoms with Gasteiger partial charge in [-0.15, -0.1) is 45.3 Å². The number of ether oxygens (including phenoxy) is 2. The smallest absolute Gasteiger partial charge is 0.338 e. The molecule has 0 N–H and O–H groups in total. The van der Waals surface area contributed by atoms with Crippen molar-refractivity contribution in [2.45, 2.75) is 39.0 Å². The summed E-state index contributed by atoms with van der Waals surface area (Å²) in [7, 11) is 2.60. The average molecular weight is 607 g/mol. The molecule has 0 atom stereocenters. The number of carbonyl (C=O) groups is 2. The predicted octanol–water partition coefficient (Wildman–Crippen LogP) is 10.3. The summed E-state index contributed by atoms with van der Waals surface area (Å²) >= 11 is 7.22. The van der Waals surface area contributed by atoms with Gasteiger partial charge in [0.05, 0.1) is 25.3 Å². The SMILES string of the molecule is CCCCCCc1ccc(-c2ccc(-c3ccc(-c4ccc(-c5ccc(C(=O)OC)c(C(=O)OC)c5)s4)s3)s2)s1. The van der Waals surface area contributed by atoms with Crippen LogP contribution in [-0.2, 0) is 15.9 Å². The fraction of sp³-hybridized carbons (Fsp3) is 0.250. The molecule has 0 saturated heterocycles. The number of hydrogen-bond acceptors (Lipinski definition) is 8. The molecule has 0 amide bonds. The van der Waals surface area contributed by atoms with Crippen molar-refractivity contribution in [1.82, 2.24) is 0 Å². The van der Waals surface area contributed by atoms with Crippen LogP contribution in [-0.4, -0.2) is 26.2 Å². The van der Waals surface area contributed by atoms with Crippen LogP contribution in [0.5, 0.6) is 0 Å². The number of thiophene rings is 4. The van der Waals surface area contributed by atoms with Crippen LogP contribution in [0.3, 0.4) is 0 Å². The first-order chi connectivity index (χ1) is 19.5. The normalized spacial score (nSPS) is 11.1. The second-order valence-corrected chi connectivity index (χ2v) is 13.7. The van der Waals surface area contributed by atoms with Gasteiger partial charge in [0.1, 0.15) is 0 Å². The van der Waals surface area contributed by atoms with Crippen molar-refractivity contribution < 1.29 is 19.1 Å². The van der Waals surface area contributed by atoms with Crippen LogP contribution in [0.2, 0.25) is 0 Å². The quantitative estimate of drug-likeness (QED) is 0.111. The van der Waals surface area contributed by atoms with Crippen molar-refractivity contribution >= 4 is 57.3 Å². The summed E-state index contributed by atoms with van der Waals surface area (Å²) in [6.07, 6.45) is 6.37. The van der Waals surface area contributed by atoms with Crippen molar-refractivity contribution in [2.75, 3.05) is 14.2 Å². The van der Waals surface area contributed by atoms with Crippen molar-refractivity contribution in [3.05, 3.63) is 82.7 Å². The van der Waals surface area contributed by atoms with Crippen LogP contribution in [0, 0.1) is 0 Å². The van der Waals surface area contributed by atoms with Gasteiger partial charge in [0, 0.05) is 39.0 Å². The second-order valence-electron chi connectivity index (χ2n) is 9.31. The third-order valence-electron chi connectivity index (χ3n) is 6.60. The number of esters is 2. The summed E-state index contributed by atoms with van der Waals surface area (Å²) in [6.45, 7) is 2.25. The van der Waals surface area contributed by atoms with Gasteiger partial charge in [-0.25, -0.2) is 9.59 Å². The van der Waals surface area contributed by atoms with E-state index in [1.54, 1.807) is 34.8 Å². The molecule has 0 aliphatic heterocycles. The Kier molecular flexibility index (Phi) is 9.32. The fourth-order valence-electron chi connectivity index (χ4n) is 4.47. The number of carbonyl (C=O) groups excluding carboxylic acids is 2. The van der Waals surface area contributed by atoms with Gasteiger partial charge in [0.15, 0.2) is 0 Å². The van der Waals surface area contributed by atoms with Gasteiger partial charge < -0.3 is 9.47 Å². The summed E-state index contributed by atoms with van der Waals surface area (Å²) in [6, 6.07) is 22.7. The monoisotopic (exact) mass is 606 g/mol. The van der Waals surface area contributed by atoms with Crippen LogP contribution >= 0.6 is 45.3 Å². The second kappa shape index (κ2) is 13.1. The van der Waals surface area contributed by atoms with Gasteiger partial charge >= 0.3 is 11.9 Å². The molecule has 5 rings (SSSR count). The Bertz CT molecular complexity index is 1620. The Balaban J connectivity index is 1.32. The zero-order chi connectivity index (χ0) is 28.1. The fourth-order valence-corrected chi connectivity index (χ4v) is 8.80. The van der Waals surface area contributed by atoms with E-state index in [0.29, 0.717) is 0 Å². The molecule has 0 aliphatic rings. The zero-order valence-corrected chi connectivity index (χ0v) is 25.9. The highest BCUT2D eigenvalue weighted by Crippen LogP contribution is 2.44. The highest BCUT2D eigenvalue weighted by Gasteiger charge is 2.20. The summed E-state index contributed by atoms with van der Waals surface area (Å²) in [5, 5.41) is 0. The van der Waals surface area contributed by atoms with Crippen LogP contribution < -0.4 is 0 Å². The Morgan fingerprint density at radius 3 is 1.65 bits per heavy atom. The van der Waals surface area contributed by atoms with E-state index in [9.17, 15) is 9.59 Å². The first-order valence-corrected chi connectivity index (χ1v) is 16.5. The standard InChI is InChI=1S/C32H30O4S4/c1-4-5-6-7-8-21-10-12-25(37-21)26-15-16-29(39-26)30-18-17-28(40-30)27-14-13-24(38-27)20-9-11-22(31(33)35-2)23(19-20)32(34)36-3/h9-19H,4-8H2,1-3H3. The lowest BCUT2D eigenvalue weighted by atomic mass is 10.0. The van der Waals surface area contributed by atoms with Gasteiger partial charge in [-0.05, 0) is 79.1 Å². The molecule has 5 aromatic rings. The van der Waals surface area contributed by atoms with Crippen LogP contribution in [0.15, 0.2) is 66.7 Å². The minimum absolute atomic E-state index is 0.193. The third kappa shape index (κ3) is 6.31. The number of hydrogen-bond donors (Lipinski definition) is 0. The first kappa shape index (κ1) is 28.5. The Hall–Kier alpha value is -3.04. The minimum Gasteiger partial charge on any atom is -0.465 e. The summed E-state index contributed by atoms with van der Waals surface area (Å²) in [5.74, 6) is -1.13. The largest absolute Gasteiger partial charge is 0.465 e. The molecule has 8 heteroatoms. The molecule has 206 valence electrons. The predicted molar refractivity (Wildman–Crippen MR) is 170 cm³/mol. The third-order valence-corrected chi connectivity index (χ3v) is 11.6. The highest BCUT2D eigenvalue weighted by molar-refractivity contribution is 7.29. The van der Waals surface area contributed by atoms with E-state index in [4.69, 9.17) is 9.47 Å². The topological polar surface area (TPSA) is 52.6 Å². The van der Waals surface area contributed by atoms with Gasteiger partial charge in [-0.1, -0.05) is 32.3 Å². The number of aryl methyl sites for hydroxylation is 1. The van der Waals surface area contributed by atoms with E-state index in [2.05, 4.69) is 49.4 Å². The lowest BCUT2D eigenvalue weighted by Gasteiger charge is -2.08. The summed E-state index contributed by atoms with van der Waals surface area (Å²) in [4.78, 5) is 34.5. The lowest BCUT2D eigenvalue weighted by molar-refractivity contribution is 0.0555. The molecule has 1 aromatic carbocycles. The lowest BCUT2D eigenvalue weighted by Crippen LogP contribution is -2.11. The first-order valence-electron chi connectivity index (χ1n) is 13.2.